The number of nitrogens with zero attached hydrogens (tertiary/aromatic N) is 2. The number of hydrogen-bond donors (Lipinski definition) is 1. The summed E-state index contributed by atoms with van der Waals surface area (Å²) in [6, 6.07) is 5.96. The highest BCUT2D eigenvalue weighted by molar-refractivity contribution is 7.91. The molecule has 0 aliphatic heterocycles. The Morgan fingerprint density at radius 3 is 2.34 bits per heavy atom. The molecule has 0 spiro atoms. The zero-order valence-corrected chi connectivity index (χ0v) is 15.5. The maximum absolute atomic E-state index is 14.7. The number of sulfone groups is 1. The maximum atomic E-state index is 14.7. The van der Waals surface area contributed by atoms with Gasteiger partial charge in [0, 0.05) is 17.8 Å². The molecule has 10 heteroatoms. The number of benzene rings is 1. The highest BCUT2D eigenvalue weighted by Crippen LogP contribution is 2.37. The van der Waals surface area contributed by atoms with Gasteiger partial charge in [-0.1, -0.05) is 17.7 Å². The summed E-state index contributed by atoms with van der Waals surface area (Å²) in [6.45, 7) is 1.75. The molecular formula is C19H11F4N3O2S. The van der Waals surface area contributed by atoms with E-state index in [4.69, 9.17) is 0 Å². The first-order chi connectivity index (χ1) is 13.7. The summed E-state index contributed by atoms with van der Waals surface area (Å²) < 4.78 is 82.1. The zero-order chi connectivity index (χ0) is 20.9. The minimum atomic E-state index is -4.40. The fourth-order valence-corrected chi connectivity index (χ4v) is 4.48. The third kappa shape index (κ3) is 3.05. The molecule has 3 heterocycles. The van der Waals surface area contributed by atoms with E-state index in [0.29, 0.717) is 6.20 Å². The van der Waals surface area contributed by atoms with Crippen LogP contribution in [0.25, 0.3) is 22.3 Å². The Labute approximate surface area is 162 Å². The van der Waals surface area contributed by atoms with E-state index < -0.39 is 43.8 Å². The maximum Gasteiger partial charge on any atom is 0.249 e. The van der Waals surface area contributed by atoms with E-state index in [9.17, 15) is 26.0 Å². The van der Waals surface area contributed by atoms with Crippen LogP contribution < -0.4 is 0 Å². The van der Waals surface area contributed by atoms with Crippen LogP contribution in [0.2, 0.25) is 0 Å². The minimum Gasteiger partial charge on any atom is -0.345 e. The molecule has 1 N–H and O–H groups in total. The van der Waals surface area contributed by atoms with Crippen LogP contribution in [0, 0.1) is 30.3 Å². The van der Waals surface area contributed by atoms with E-state index in [1.54, 1.807) is 6.92 Å². The summed E-state index contributed by atoms with van der Waals surface area (Å²) in [4.78, 5) is 8.60. The first kappa shape index (κ1) is 19.1. The Balaban J connectivity index is 2.06. The number of aromatic amines is 1. The standard InChI is InChI=1S/C19H11F4N3O2S/c1-9-2-4-10(5-3-9)29(27,28)17-14(22)8-25-19-15(17)11(7-24-19)16-12(20)6-13(21)18(23)26-16/h2-8H,1H3,(H,24,25). The van der Waals surface area contributed by atoms with Gasteiger partial charge in [0.1, 0.15) is 16.2 Å². The Morgan fingerprint density at radius 1 is 0.966 bits per heavy atom. The van der Waals surface area contributed by atoms with Gasteiger partial charge in [0.15, 0.2) is 17.5 Å². The lowest BCUT2D eigenvalue weighted by Crippen LogP contribution is -2.07. The van der Waals surface area contributed by atoms with E-state index in [1.807, 2.05) is 0 Å². The Hall–Kier alpha value is -3.27. The quantitative estimate of drug-likeness (QED) is 0.395. The lowest BCUT2D eigenvalue weighted by molar-refractivity contribution is 0.466. The van der Waals surface area contributed by atoms with Crippen molar-refractivity contribution >= 4 is 20.9 Å². The van der Waals surface area contributed by atoms with Crippen molar-refractivity contribution in [3.8, 4) is 11.3 Å². The third-order valence-electron chi connectivity index (χ3n) is 4.35. The van der Waals surface area contributed by atoms with Gasteiger partial charge in [0.25, 0.3) is 0 Å². The summed E-state index contributed by atoms with van der Waals surface area (Å²) in [5.74, 6) is -5.51. The minimum absolute atomic E-state index is 0.0852. The summed E-state index contributed by atoms with van der Waals surface area (Å²) in [6.07, 6.45) is 1.81. The monoisotopic (exact) mass is 421 g/mol. The number of pyridine rings is 2. The van der Waals surface area contributed by atoms with Gasteiger partial charge < -0.3 is 4.98 Å². The van der Waals surface area contributed by atoms with Gasteiger partial charge in [-0.25, -0.2) is 31.6 Å². The predicted octanol–water partition coefficient (Wildman–Crippen LogP) is 4.32. The molecule has 4 rings (SSSR count). The molecule has 1 aromatic carbocycles. The number of rotatable bonds is 3. The van der Waals surface area contributed by atoms with Crippen LogP contribution in [0.15, 0.2) is 52.5 Å². The molecule has 0 radical (unpaired) electrons. The van der Waals surface area contributed by atoms with Gasteiger partial charge in [-0.05, 0) is 19.1 Å². The van der Waals surface area contributed by atoms with Crippen LogP contribution in [0.1, 0.15) is 5.56 Å². The summed E-state index contributed by atoms with van der Waals surface area (Å²) in [5, 5.41) is -0.317. The molecule has 0 fully saturated rings. The van der Waals surface area contributed by atoms with Gasteiger partial charge in [-0.3, -0.25) is 0 Å². The second-order valence-electron chi connectivity index (χ2n) is 6.27. The van der Waals surface area contributed by atoms with Crippen molar-refractivity contribution in [2.45, 2.75) is 16.7 Å². The molecule has 0 bridgehead atoms. The zero-order valence-electron chi connectivity index (χ0n) is 14.7. The molecule has 3 aromatic heterocycles. The summed E-state index contributed by atoms with van der Waals surface area (Å²) >= 11 is 0. The SMILES string of the molecule is Cc1ccc(S(=O)(=O)c2c(F)cnc3[nH]cc(-c4nc(F)c(F)cc4F)c23)cc1. The van der Waals surface area contributed by atoms with Crippen molar-refractivity contribution in [1.82, 2.24) is 15.0 Å². The van der Waals surface area contributed by atoms with Crippen LogP contribution in [-0.2, 0) is 9.84 Å². The van der Waals surface area contributed by atoms with Crippen LogP contribution in [-0.4, -0.2) is 23.4 Å². The van der Waals surface area contributed by atoms with Crippen molar-refractivity contribution in [3.05, 3.63) is 71.7 Å². The molecule has 5 nitrogen and oxygen atoms in total. The average Bonchev–Trinajstić information content (AvgIpc) is 3.08. The first-order valence-corrected chi connectivity index (χ1v) is 9.67. The van der Waals surface area contributed by atoms with Crippen LogP contribution in [0.3, 0.4) is 0 Å². The number of nitrogens with one attached hydrogen (secondary N) is 1. The lowest BCUT2D eigenvalue weighted by atomic mass is 10.1. The van der Waals surface area contributed by atoms with Gasteiger partial charge in [0.2, 0.25) is 15.8 Å². The van der Waals surface area contributed by atoms with E-state index in [-0.39, 0.29) is 27.6 Å². The molecule has 0 atom stereocenters. The van der Waals surface area contributed by atoms with E-state index in [1.165, 1.54) is 24.3 Å². The third-order valence-corrected chi connectivity index (χ3v) is 6.18. The van der Waals surface area contributed by atoms with Crippen LogP contribution in [0.5, 0.6) is 0 Å². The average molecular weight is 421 g/mol. The lowest BCUT2D eigenvalue weighted by Gasteiger charge is -2.10. The molecule has 0 saturated heterocycles. The molecule has 4 aromatic rings. The number of H-pyrrole nitrogens is 1. The molecule has 148 valence electrons. The molecule has 29 heavy (non-hydrogen) atoms. The van der Waals surface area contributed by atoms with E-state index in [2.05, 4.69) is 15.0 Å². The van der Waals surface area contributed by atoms with Gasteiger partial charge in [-0.15, -0.1) is 0 Å². The number of fused-ring (bicyclic) bond motifs is 1. The normalized spacial score (nSPS) is 11.9. The number of aromatic nitrogens is 3. The summed E-state index contributed by atoms with van der Waals surface area (Å²) in [7, 11) is -4.40. The van der Waals surface area contributed by atoms with E-state index in [0.717, 1.165) is 11.8 Å². The largest absolute Gasteiger partial charge is 0.345 e. The van der Waals surface area contributed by atoms with Crippen LogP contribution in [0.4, 0.5) is 17.6 Å². The molecule has 0 aliphatic carbocycles. The Bertz CT molecular complexity index is 1370. The van der Waals surface area contributed by atoms with Gasteiger partial charge >= 0.3 is 0 Å². The number of halogens is 4. The highest BCUT2D eigenvalue weighted by Gasteiger charge is 2.29. The first-order valence-electron chi connectivity index (χ1n) is 8.19. The predicted molar refractivity (Wildman–Crippen MR) is 95.8 cm³/mol. The fourth-order valence-electron chi connectivity index (χ4n) is 2.96. The highest BCUT2D eigenvalue weighted by atomic mass is 32.2. The second-order valence-corrected chi connectivity index (χ2v) is 8.16. The molecule has 0 aliphatic rings. The van der Waals surface area contributed by atoms with Gasteiger partial charge in [-0.2, -0.15) is 4.39 Å². The van der Waals surface area contributed by atoms with Crippen molar-refractivity contribution in [2.24, 2.45) is 0 Å². The van der Waals surface area contributed by atoms with Crippen molar-refractivity contribution in [1.29, 1.82) is 0 Å². The smallest absolute Gasteiger partial charge is 0.249 e. The molecule has 0 saturated carbocycles. The van der Waals surface area contributed by atoms with Crippen molar-refractivity contribution in [3.63, 3.8) is 0 Å². The molecule has 0 unspecified atom stereocenters. The Kier molecular flexibility index (Phi) is 4.38. The topological polar surface area (TPSA) is 75.7 Å². The van der Waals surface area contributed by atoms with Crippen LogP contribution >= 0.6 is 0 Å². The fraction of sp³-hybridized carbons (Fsp3) is 0.0526. The number of hydrogen-bond acceptors (Lipinski definition) is 4. The van der Waals surface area contributed by atoms with Crippen molar-refractivity contribution in [2.75, 3.05) is 0 Å². The second kappa shape index (κ2) is 6.66. The Morgan fingerprint density at radius 2 is 1.66 bits per heavy atom. The van der Waals surface area contributed by atoms with Crippen molar-refractivity contribution < 1.29 is 26.0 Å². The van der Waals surface area contributed by atoms with Gasteiger partial charge in [0.05, 0.1) is 16.5 Å². The summed E-state index contributed by atoms with van der Waals surface area (Å²) in [5.41, 5.74) is -0.241. The number of aryl methyl sites for hydroxylation is 1. The van der Waals surface area contributed by atoms with E-state index >= 15 is 0 Å². The molecular weight excluding hydrogens is 410 g/mol. The molecule has 0 amide bonds.